The average Bonchev–Trinajstić information content (AvgIpc) is 3.12. The topological polar surface area (TPSA) is 121 Å². The Labute approximate surface area is 209 Å². The Hall–Kier alpha value is -3.04. The van der Waals surface area contributed by atoms with Gasteiger partial charge in [-0.05, 0) is 60.3 Å². The van der Waals surface area contributed by atoms with Gasteiger partial charge in [-0.15, -0.1) is 0 Å². The molecule has 1 amide bonds. The number of nitrogens with zero attached hydrogens (tertiary/aromatic N) is 2. The van der Waals surface area contributed by atoms with Crippen molar-refractivity contribution in [2.45, 2.75) is 42.9 Å². The van der Waals surface area contributed by atoms with Gasteiger partial charge in [0.15, 0.2) is 0 Å². The molecule has 3 aliphatic rings. The van der Waals surface area contributed by atoms with Crippen molar-refractivity contribution in [3.05, 3.63) is 47.3 Å². The van der Waals surface area contributed by atoms with E-state index in [1.54, 1.807) is 24.3 Å². The van der Waals surface area contributed by atoms with Crippen molar-refractivity contribution in [3.63, 3.8) is 0 Å². The quantitative estimate of drug-likeness (QED) is 0.602. The molecule has 190 valence electrons. The Bertz CT molecular complexity index is 1310. The van der Waals surface area contributed by atoms with Crippen molar-refractivity contribution < 1.29 is 27.1 Å². The predicted octanol–water partition coefficient (Wildman–Crippen LogP) is 1.71. The van der Waals surface area contributed by atoms with E-state index in [4.69, 9.17) is 9.47 Å². The Morgan fingerprint density at radius 3 is 2.83 bits per heavy atom. The van der Waals surface area contributed by atoms with Crippen molar-refractivity contribution in [1.82, 2.24) is 14.9 Å². The van der Waals surface area contributed by atoms with Crippen LogP contribution >= 0.6 is 0 Å². The molecule has 0 spiro atoms. The number of benzene rings is 2. The molecule has 2 saturated heterocycles. The number of ether oxygens (including phenoxy) is 2. The van der Waals surface area contributed by atoms with Crippen LogP contribution in [0.1, 0.15) is 24.0 Å². The fourth-order valence-electron chi connectivity index (χ4n) is 4.52. The highest BCUT2D eigenvalue weighted by Crippen LogP contribution is 2.40. The molecule has 11 heteroatoms. The van der Waals surface area contributed by atoms with E-state index in [9.17, 15) is 18.5 Å². The zero-order chi connectivity index (χ0) is 25.3. The molecule has 0 radical (unpaired) electrons. The van der Waals surface area contributed by atoms with E-state index >= 15 is 4.39 Å². The molecule has 2 N–H and O–H groups in total. The summed E-state index contributed by atoms with van der Waals surface area (Å²) in [6.45, 7) is 2.73. The number of hydrogen-bond acceptors (Lipinski definition) is 7. The summed E-state index contributed by atoms with van der Waals surface area (Å²) in [5.41, 5.74) is 2.12. The Morgan fingerprint density at radius 1 is 1.25 bits per heavy atom. The Balaban J connectivity index is 1.34. The van der Waals surface area contributed by atoms with E-state index < -0.39 is 33.9 Å². The lowest BCUT2D eigenvalue weighted by atomic mass is 9.94. The fourth-order valence-corrected chi connectivity index (χ4v) is 6.09. The van der Waals surface area contributed by atoms with Crippen molar-refractivity contribution in [1.29, 1.82) is 5.26 Å². The first-order chi connectivity index (χ1) is 17.4. The van der Waals surface area contributed by atoms with Crippen LogP contribution < -0.4 is 15.4 Å². The summed E-state index contributed by atoms with van der Waals surface area (Å²) in [7, 11) is -3.54. The first-order valence-corrected chi connectivity index (χ1v) is 13.4. The number of nitrogens with one attached hydrogen (secondary N) is 2. The molecule has 0 aromatic heterocycles. The van der Waals surface area contributed by atoms with Crippen LogP contribution in [0.25, 0.3) is 11.1 Å². The molecule has 36 heavy (non-hydrogen) atoms. The third kappa shape index (κ3) is 4.82. The summed E-state index contributed by atoms with van der Waals surface area (Å²) >= 11 is 0. The van der Waals surface area contributed by atoms with Crippen molar-refractivity contribution in [3.8, 4) is 22.9 Å². The van der Waals surface area contributed by atoms with Gasteiger partial charge in [-0.25, -0.2) is 12.8 Å². The lowest BCUT2D eigenvalue weighted by Crippen LogP contribution is -2.46. The molecule has 2 unspecified atom stereocenters. The lowest BCUT2D eigenvalue weighted by molar-refractivity contribution is -0.132. The monoisotopic (exact) mass is 514 g/mol. The largest absolute Gasteiger partial charge is 0.488 e. The minimum absolute atomic E-state index is 0.0370. The maximum absolute atomic E-state index is 15.1. The van der Waals surface area contributed by atoms with E-state index in [0.717, 1.165) is 19.4 Å². The maximum Gasteiger partial charge on any atom is 0.251 e. The smallest absolute Gasteiger partial charge is 0.251 e. The molecule has 5 rings (SSSR count). The van der Waals surface area contributed by atoms with Gasteiger partial charge in [0.1, 0.15) is 30.3 Å². The maximum atomic E-state index is 15.1. The van der Waals surface area contributed by atoms with Gasteiger partial charge in [0, 0.05) is 38.2 Å². The standard InChI is InChI=1S/C25H27FN4O5S/c26-22-12-21-20-4-3-19(36(32,33)30-6-2-7-30)10-17(20)15-35-23(21)11-16(22)9-18(13-27)29-25(31)24-14-28-5-1-8-34-24/h3-4,10-12,18,24,28H,1-2,5-9,14-15H2,(H,29,31). The zero-order valence-electron chi connectivity index (χ0n) is 19.6. The summed E-state index contributed by atoms with van der Waals surface area (Å²) in [6.07, 6.45) is 0.908. The second-order valence-corrected chi connectivity index (χ2v) is 11.1. The first-order valence-electron chi connectivity index (χ1n) is 12.0. The van der Waals surface area contributed by atoms with Gasteiger partial charge in [0.05, 0.1) is 11.0 Å². The Morgan fingerprint density at radius 2 is 2.08 bits per heavy atom. The molecule has 0 aliphatic carbocycles. The third-order valence-electron chi connectivity index (χ3n) is 6.69. The lowest BCUT2D eigenvalue weighted by Gasteiger charge is -2.30. The molecule has 2 fully saturated rings. The van der Waals surface area contributed by atoms with Crippen LogP contribution in [0.15, 0.2) is 35.2 Å². The summed E-state index contributed by atoms with van der Waals surface area (Å²) in [5, 5.41) is 15.3. The number of fused-ring (bicyclic) bond motifs is 3. The van der Waals surface area contributed by atoms with Gasteiger partial charge >= 0.3 is 0 Å². The molecule has 0 saturated carbocycles. The number of hydrogen-bond donors (Lipinski definition) is 2. The van der Waals surface area contributed by atoms with Crippen LogP contribution in [0.2, 0.25) is 0 Å². The molecule has 9 nitrogen and oxygen atoms in total. The normalized spacial score (nSPS) is 20.5. The van der Waals surface area contributed by atoms with Gasteiger partial charge in [0.25, 0.3) is 5.91 Å². The van der Waals surface area contributed by atoms with Crippen LogP contribution in [0.4, 0.5) is 4.39 Å². The molecule has 2 aromatic carbocycles. The molecule has 0 bridgehead atoms. The van der Waals surface area contributed by atoms with Gasteiger partial charge in [0.2, 0.25) is 10.0 Å². The van der Waals surface area contributed by atoms with Gasteiger partial charge in [-0.2, -0.15) is 9.57 Å². The van der Waals surface area contributed by atoms with Crippen LogP contribution in [-0.2, 0) is 32.6 Å². The Kier molecular flexibility index (Phi) is 6.94. The van der Waals surface area contributed by atoms with Gasteiger partial charge in [-0.1, -0.05) is 6.07 Å². The summed E-state index contributed by atoms with van der Waals surface area (Å²) < 4.78 is 53.4. The van der Waals surface area contributed by atoms with Crippen LogP contribution in [0.3, 0.4) is 0 Å². The minimum Gasteiger partial charge on any atom is -0.488 e. The highest BCUT2D eigenvalue weighted by molar-refractivity contribution is 7.89. The summed E-state index contributed by atoms with van der Waals surface area (Å²) in [4.78, 5) is 12.7. The number of halogens is 1. The molecule has 3 aliphatic heterocycles. The number of sulfonamides is 1. The molecular weight excluding hydrogens is 487 g/mol. The highest BCUT2D eigenvalue weighted by atomic mass is 32.2. The van der Waals surface area contributed by atoms with E-state index in [-0.39, 0.29) is 23.5 Å². The number of carbonyl (C=O) groups is 1. The average molecular weight is 515 g/mol. The van der Waals surface area contributed by atoms with Crippen LogP contribution in [-0.4, -0.2) is 63.6 Å². The number of nitriles is 1. The zero-order valence-corrected chi connectivity index (χ0v) is 20.4. The van der Waals surface area contributed by atoms with Gasteiger partial charge < -0.3 is 20.1 Å². The first kappa shape index (κ1) is 24.6. The van der Waals surface area contributed by atoms with Crippen LogP contribution in [0.5, 0.6) is 5.75 Å². The van der Waals surface area contributed by atoms with E-state index in [0.29, 0.717) is 48.7 Å². The highest BCUT2D eigenvalue weighted by Gasteiger charge is 2.31. The molecular formula is C25H27FN4O5S. The van der Waals surface area contributed by atoms with Crippen LogP contribution in [0, 0.1) is 17.1 Å². The van der Waals surface area contributed by atoms with Crippen molar-refractivity contribution in [2.75, 3.05) is 32.8 Å². The second kappa shape index (κ2) is 10.1. The van der Waals surface area contributed by atoms with E-state index in [1.165, 1.54) is 10.4 Å². The number of rotatable bonds is 6. The SMILES string of the molecule is N#CC(Cc1cc2c(cc1F)-c1ccc(S(=O)(=O)N3CCC3)cc1CO2)NC(=O)C1CNCCCO1. The van der Waals surface area contributed by atoms with Crippen molar-refractivity contribution >= 4 is 15.9 Å². The minimum atomic E-state index is -3.54. The predicted molar refractivity (Wildman–Crippen MR) is 128 cm³/mol. The fraction of sp³-hybridized carbons (Fsp3) is 0.440. The molecule has 2 aromatic rings. The van der Waals surface area contributed by atoms with E-state index in [2.05, 4.69) is 10.6 Å². The third-order valence-corrected chi connectivity index (χ3v) is 8.58. The number of amides is 1. The van der Waals surface area contributed by atoms with E-state index in [1.807, 2.05) is 6.07 Å². The summed E-state index contributed by atoms with van der Waals surface area (Å²) in [6, 6.07) is 8.76. The molecule has 2 atom stereocenters. The molecule has 3 heterocycles. The van der Waals surface area contributed by atoms with Crippen molar-refractivity contribution in [2.24, 2.45) is 0 Å². The number of carbonyl (C=O) groups excluding carboxylic acids is 1. The van der Waals surface area contributed by atoms with Gasteiger partial charge in [-0.3, -0.25) is 4.79 Å². The second-order valence-electron chi connectivity index (χ2n) is 9.12. The summed E-state index contributed by atoms with van der Waals surface area (Å²) in [5.74, 6) is -0.510.